The van der Waals surface area contributed by atoms with Crippen molar-refractivity contribution in [3.63, 3.8) is 0 Å². The highest BCUT2D eigenvalue weighted by Crippen LogP contribution is 2.36. The van der Waals surface area contributed by atoms with Crippen LogP contribution in [0.15, 0.2) is 29.2 Å². The van der Waals surface area contributed by atoms with Gasteiger partial charge in [0, 0.05) is 22.3 Å². The molecule has 0 bridgehead atoms. The van der Waals surface area contributed by atoms with Crippen molar-refractivity contribution in [2.24, 2.45) is 0 Å². The third-order valence-electron chi connectivity index (χ3n) is 2.15. The maximum Gasteiger partial charge on any atom is 0.283 e. The normalized spacial score (nSPS) is 10.6. The molecule has 6 heteroatoms. The van der Waals surface area contributed by atoms with Gasteiger partial charge in [-0.1, -0.05) is 34.8 Å². The minimum Gasteiger partial charge on any atom is -0.326 e. The van der Waals surface area contributed by atoms with Crippen molar-refractivity contribution in [2.45, 2.75) is 0 Å². The second kappa shape index (κ2) is 4.69. The Kier molecular flexibility index (Phi) is 3.43. The summed E-state index contributed by atoms with van der Waals surface area (Å²) in [4.78, 5) is 13.2. The van der Waals surface area contributed by atoms with Gasteiger partial charge in [0.25, 0.3) is 5.56 Å². The summed E-state index contributed by atoms with van der Waals surface area (Å²) in [7, 11) is 0. The summed E-state index contributed by atoms with van der Waals surface area (Å²) in [6.45, 7) is 0. The minimum absolute atomic E-state index is 0.286. The molecule has 0 atom stereocenters. The number of aromatic amines is 1. The molecule has 2 aromatic rings. The van der Waals surface area contributed by atoms with E-state index in [1.54, 1.807) is 0 Å². The van der Waals surface area contributed by atoms with Gasteiger partial charge in [0.1, 0.15) is 0 Å². The Labute approximate surface area is 111 Å². The quantitative estimate of drug-likeness (QED) is 0.842. The van der Waals surface area contributed by atoms with Crippen LogP contribution in [0.5, 0.6) is 0 Å². The molecule has 0 radical (unpaired) electrons. The first-order valence-corrected chi connectivity index (χ1v) is 5.65. The van der Waals surface area contributed by atoms with E-state index in [1.165, 1.54) is 18.3 Å². The molecule has 2 rings (SSSR count). The Balaban J connectivity index is 2.68. The average molecular weight is 293 g/mol. The highest BCUT2D eigenvalue weighted by atomic mass is 35.5. The molecule has 0 saturated carbocycles. The molecule has 0 aliphatic rings. The lowest BCUT2D eigenvalue weighted by Gasteiger charge is -2.07. The van der Waals surface area contributed by atoms with Crippen LogP contribution in [0.3, 0.4) is 0 Å². The molecule has 0 aliphatic heterocycles. The molecule has 17 heavy (non-hydrogen) atoms. The number of rotatable bonds is 1. The first-order chi connectivity index (χ1) is 7.99. The molecule has 0 saturated heterocycles. The van der Waals surface area contributed by atoms with Crippen molar-refractivity contribution >= 4 is 34.8 Å². The zero-order valence-corrected chi connectivity index (χ0v) is 10.5. The predicted octanol–water partition coefficient (Wildman–Crippen LogP) is 4.14. The minimum atomic E-state index is -0.899. The Bertz CT molecular complexity index is 616. The fourth-order valence-electron chi connectivity index (χ4n) is 1.42. The van der Waals surface area contributed by atoms with Gasteiger partial charge >= 0.3 is 0 Å². The number of H-pyrrole nitrogens is 1. The molecule has 1 N–H and O–H groups in total. The fraction of sp³-hybridized carbons (Fsp3) is 0. The highest BCUT2D eigenvalue weighted by Gasteiger charge is 2.12. The van der Waals surface area contributed by atoms with Crippen LogP contribution in [-0.4, -0.2) is 4.98 Å². The number of nitrogens with one attached hydrogen (secondary N) is 1. The maximum atomic E-state index is 13.2. The van der Waals surface area contributed by atoms with Gasteiger partial charge in [-0.15, -0.1) is 0 Å². The lowest BCUT2D eigenvalue weighted by atomic mass is 10.1. The van der Waals surface area contributed by atoms with Crippen molar-refractivity contribution in [1.29, 1.82) is 0 Å². The monoisotopic (exact) mass is 291 g/mol. The van der Waals surface area contributed by atoms with E-state index < -0.39 is 11.4 Å². The topological polar surface area (TPSA) is 32.9 Å². The van der Waals surface area contributed by atoms with Crippen LogP contribution in [0.2, 0.25) is 15.1 Å². The second-order valence-corrected chi connectivity index (χ2v) is 4.56. The first-order valence-electron chi connectivity index (χ1n) is 4.52. The number of hydrogen-bond acceptors (Lipinski definition) is 1. The molecule has 0 fully saturated rings. The van der Waals surface area contributed by atoms with Crippen LogP contribution >= 0.6 is 34.8 Å². The molecule has 0 aliphatic carbocycles. The third-order valence-corrected chi connectivity index (χ3v) is 2.97. The van der Waals surface area contributed by atoms with Crippen molar-refractivity contribution in [3.05, 3.63) is 55.6 Å². The summed E-state index contributed by atoms with van der Waals surface area (Å²) in [5.41, 5.74) is 0.0107. The Hall–Kier alpha value is -1.03. The van der Waals surface area contributed by atoms with Gasteiger partial charge in [0.15, 0.2) is 5.82 Å². The number of hydrogen-bond donors (Lipinski definition) is 1. The number of pyridine rings is 1. The van der Waals surface area contributed by atoms with Gasteiger partial charge in [-0.2, -0.15) is 0 Å². The maximum absolute atomic E-state index is 13.2. The van der Waals surface area contributed by atoms with Crippen molar-refractivity contribution < 1.29 is 4.39 Å². The molecule has 1 heterocycles. The summed E-state index contributed by atoms with van der Waals surface area (Å²) in [5.74, 6) is -0.899. The summed E-state index contributed by atoms with van der Waals surface area (Å²) < 4.78 is 13.2. The Morgan fingerprint density at radius 1 is 1.06 bits per heavy atom. The smallest absolute Gasteiger partial charge is 0.283 e. The van der Waals surface area contributed by atoms with Crippen LogP contribution in [-0.2, 0) is 0 Å². The Morgan fingerprint density at radius 3 is 2.18 bits per heavy atom. The van der Waals surface area contributed by atoms with Crippen LogP contribution < -0.4 is 5.56 Å². The van der Waals surface area contributed by atoms with Gasteiger partial charge < -0.3 is 4.98 Å². The lowest BCUT2D eigenvalue weighted by molar-refractivity contribution is 0.609. The molecular formula is C11H5Cl3FNO. The number of halogens is 4. The standard InChI is InChI=1S/C11H5Cl3FNO/c12-6-2-7(13)10(8(14)3-6)5-1-9(15)11(17)16-4-5/h1-4H,(H,16,17). The van der Waals surface area contributed by atoms with Crippen molar-refractivity contribution in [1.82, 2.24) is 4.98 Å². The van der Waals surface area contributed by atoms with E-state index in [9.17, 15) is 9.18 Å². The van der Waals surface area contributed by atoms with Gasteiger partial charge in [-0.25, -0.2) is 4.39 Å². The highest BCUT2D eigenvalue weighted by molar-refractivity contribution is 6.41. The second-order valence-electron chi connectivity index (χ2n) is 3.31. The van der Waals surface area contributed by atoms with Crippen LogP contribution in [0.25, 0.3) is 11.1 Å². The molecule has 2 nitrogen and oxygen atoms in total. The van der Waals surface area contributed by atoms with E-state index in [0.717, 1.165) is 6.07 Å². The van der Waals surface area contributed by atoms with E-state index in [2.05, 4.69) is 4.98 Å². The zero-order chi connectivity index (χ0) is 12.6. The SMILES string of the molecule is O=c1[nH]cc(-c2c(Cl)cc(Cl)cc2Cl)cc1F. The van der Waals surface area contributed by atoms with E-state index in [0.29, 0.717) is 16.1 Å². The van der Waals surface area contributed by atoms with E-state index >= 15 is 0 Å². The molecule has 0 unspecified atom stereocenters. The van der Waals surface area contributed by atoms with E-state index in [4.69, 9.17) is 34.8 Å². The summed E-state index contributed by atoms with van der Waals surface area (Å²) in [6, 6.07) is 4.06. The van der Waals surface area contributed by atoms with Crippen LogP contribution in [0, 0.1) is 5.82 Å². The molecule has 1 aromatic carbocycles. The largest absolute Gasteiger partial charge is 0.326 e. The van der Waals surface area contributed by atoms with Crippen molar-refractivity contribution in [3.8, 4) is 11.1 Å². The number of aromatic nitrogens is 1. The number of benzene rings is 1. The van der Waals surface area contributed by atoms with Crippen LogP contribution in [0.4, 0.5) is 4.39 Å². The van der Waals surface area contributed by atoms with E-state index in [-0.39, 0.29) is 10.0 Å². The Morgan fingerprint density at radius 2 is 1.65 bits per heavy atom. The molecule has 0 spiro atoms. The summed E-state index contributed by atoms with van der Waals surface area (Å²) >= 11 is 17.7. The van der Waals surface area contributed by atoms with Gasteiger partial charge in [0.05, 0.1) is 10.0 Å². The lowest BCUT2D eigenvalue weighted by Crippen LogP contribution is -2.09. The molecule has 1 aromatic heterocycles. The van der Waals surface area contributed by atoms with Gasteiger partial charge in [-0.05, 0) is 18.2 Å². The predicted molar refractivity (Wildman–Crippen MR) is 67.5 cm³/mol. The average Bonchev–Trinajstić information content (AvgIpc) is 2.21. The summed E-state index contributed by atoms with van der Waals surface area (Å²) in [5, 5.41) is 0.955. The van der Waals surface area contributed by atoms with Crippen molar-refractivity contribution in [2.75, 3.05) is 0 Å². The fourth-order valence-corrected chi connectivity index (χ4v) is 2.45. The zero-order valence-electron chi connectivity index (χ0n) is 8.23. The van der Waals surface area contributed by atoms with Crippen LogP contribution in [0.1, 0.15) is 0 Å². The molecule has 0 amide bonds. The van der Waals surface area contributed by atoms with E-state index in [1.807, 2.05) is 0 Å². The van der Waals surface area contributed by atoms with Gasteiger partial charge in [0.2, 0.25) is 0 Å². The molecule has 88 valence electrons. The third kappa shape index (κ3) is 2.46. The summed E-state index contributed by atoms with van der Waals surface area (Å²) in [6.07, 6.45) is 1.34. The molecular weight excluding hydrogens is 287 g/mol. The first kappa shape index (κ1) is 12.4. The van der Waals surface area contributed by atoms with Gasteiger partial charge in [-0.3, -0.25) is 4.79 Å².